The highest BCUT2D eigenvalue weighted by molar-refractivity contribution is 5.88. The van der Waals surface area contributed by atoms with Crippen LogP contribution in [0.5, 0.6) is 0 Å². The fourth-order valence-electron chi connectivity index (χ4n) is 1.75. The van der Waals surface area contributed by atoms with Crippen molar-refractivity contribution < 1.29 is 0 Å². The Morgan fingerprint density at radius 2 is 1.69 bits per heavy atom. The third kappa shape index (κ3) is 3.22. The fraction of sp³-hybridized carbons (Fsp3) is 0.643. The van der Waals surface area contributed by atoms with Gasteiger partial charge >= 0.3 is 0 Å². The summed E-state index contributed by atoms with van der Waals surface area (Å²) in [4.78, 5) is 6.98. The van der Waals surface area contributed by atoms with Crippen molar-refractivity contribution in [3.8, 4) is 0 Å². The summed E-state index contributed by atoms with van der Waals surface area (Å²) < 4.78 is 0. The van der Waals surface area contributed by atoms with Crippen molar-refractivity contribution in [1.82, 2.24) is 4.90 Å². The minimum atomic E-state index is 0.0722. The average Bonchev–Trinajstić information content (AvgIpc) is 1.96. The maximum absolute atomic E-state index is 4.61. The molecule has 1 heterocycles. The molecule has 1 rings (SSSR count). The van der Waals surface area contributed by atoms with Gasteiger partial charge in [-0.15, -0.1) is 0 Å². The zero-order valence-corrected chi connectivity index (χ0v) is 11.4. The first-order valence-corrected chi connectivity index (χ1v) is 5.90. The summed E-state index contributed by atoms with van der Waals surface area (Å²) in [5.41, 5.74) is 0.171. The molecular formula is C14H24N2. The molecule has 1 aliphatic rings. The van der Waals surface area contributed by atoms with Crippen molar-refractivity contribution in [3.05, 3.63) is 24.4 Å². The highest BCUT2D eigenvalue weighted by atomic mass is 15.2. The minimum Gasteiger partial charge on any atom is -0.351 e. The summed E-state index contributed by atoms with van der Waals surface area (Å²) in [5.74, 6) is 1.15. The Hall–Kier alpha value is -1.05. The molecule has 0 amide bonds. The third-order valence-electron chi connectivity index (χ3n) is 2.55. The van der Waals surface area contributed by atoms with Gasteiger partial charge in [0.05, 0.1) is 0 Å². The molecule has 2 heteroatoms. The summed E-state index contributed by atoms with van der Waals surface area (Å²) in [5, 5.41) is 0. The van der Waals surface area contributed by atoms with Crippen LogP contribution >= 0.6 is 0 Å². The zero-order chi connectivity index (χ0) is 12.4. The van der Waals surface area contributed by atoms with Gasteiger partial charge in [-0.05, 0) is 26.8 Å². The molecule has 0 unspecified atom stereocenters. The highest BCUT2D eigenvalue weighted by Crippen LogP contribution is 2.26. The molecule has 90 valence electrons. The van der Waals surface area contributed by atoms with Crippen LogP contribution in [0.2, 0.25) is 0 Å². The SMILES string of the molecule is CC(C)(C)/C1=N/C=C\C=C/CN1C(C)(C)C. The lowest BCUT2D eigenvalue weighted by molar-refractivity contribution is 0.236. The van der Waals surface area contributed by atoms with Gasteiger partial charge < -0.3 is 4.90 Å². The van der Waals surface area contributed by atoms with Gasteiger partial charge in [-0.25, -0.2) is 4.99 Å². The van der Waals surface area contributed by atoms with Crippen LogP contribution < -0.4 is 0 Å². The van der Waals surface area contributed by atoms with Crippen molar-refractivity contribution in [3.63, 3.8) is 0 Å². The molecule has 0 saturated carbocycles. The Balaban J connectivity index is 3.15. The molecule has 0 saturated heterocycles. The second kappa shape index (κ2) is 4.44. The van der Waals surface area contributed by atoms with Crippen LogP contribution in [0.4, 0.5) is 0 Å². The molecule has 0 N–H and O–H groups in total. The molecule has 1 aliphatic heterocycles. The largest absolute Gasteiger partial charge is 0.351 e. The maximum Gasteiger partial charge on any atom is 0.110 e. The van der Waals surface area contributed by atoms with Gasteiger partial charge in [-0.2, -0.15) is 0 Å². The summed E-state index contributed by atoms with van der Waals surface area (Å²) in [6, 6.07) is 0. The van der Waals surface area contributed by atoms with E-state index in [9.17, 15) is 0 Å². The number of nitrogens with zero attached hydrogens (tertiary/aromatic N) is 2. The van der Waals surface area contributed by atoms with Crippen molar-refractivity contribution in [2.75, 3.05) is 6.54 Å². The molecule has 0 fully saturated rings. The van der Waals surface area contributed by atoms with Gasteiger partial charge in [0.15, 0.2) is 0 Å². The van der Waals surface area contributed by atoms with Crippen LogP contribution in [0.3, 0.4) is 0 Å². The van der Waals surface area contributed by atoms with E-state index < -0.39 is 0 Å². The van der Waals surface area contributed by atoms with E-state index in [2.05, 4.69) is 63.6 Å². The van der Waals surface area contributed by atoms with Gasteiger partial charge in [-0.3, -0.25) is 0 Å². The van der Waals surface area contributed by atoms with Crippen molar-refractivity contribution >= 4 is 5.84 Å². The number of aliphatic imine (C=N–C) groups is 1. The summed E-state index contributed by atoms with van der Waals surface area (Å²) in [7, 11) is 0. The van der Waals surface area contributed by atoms with E-state index in [-0.39, 0.29) is 11.0 Å². The Kier molecular flexibility index (Phi) is 3.61. The summed E-state index contributed by atoms with van der Waals surface area (Å²) >= 11 is 0. The first-order chi connectivity index (χ1) is 7.23. The number of hydrogen-bond donors (Lipinski definition) is 0. The number of rotatable bonds is 0. The lowest BCUT2D eigenvalue weighted by atomic mass is 9.90. The van der Waals surface area contributed by atoms with E-state index in [1.807, 2.05) is 12.3 Å². The van der Waals surface area contributed by atoms with Crippen LogP contribution in [0.1, 0.15) is 41.5 Å². The maximum atomic E-state index is 4.61. The number of amidine groups is 1. The smallest absolute Gasteiger partial charge is 0.110 e. The lowest BCUT2D eigenvalue weighted by Gasteiger charge is -2.42. The van der Waals surface area contributed by atoms with Crippen LogP contribution in [0.25, 0.3) is 0 Å². The first-order valence-electron chi connectivity index (χ1n) is 5.90. The minimum absolute atomic E-state index is 0.0722. The number of allylic oxidation sites excluding steroid dienone is 2. The molecule has 2 nitrogen and oxygen atoms in total. The standard InChI is InChI=1S/C14H24N2/c1-13(2,3)12-15-10-8-7-9-11-16(12)14(4,5)6/h7-10H,11H2,1-6H3/b9-7-,10-8-,15-12-. The zero-order valence-electron chi connectivity index (χ0n) is 11.4. The van der Waals surface area contributed by atoms with E-state index in [4.69, 9.17) is 0 Å². The Bertz CT molecular complexity index is 322. The second-order valence-electron chi connectivity index (χ2n) is 6.25. The summed E-state index contributed by atoms with van der Waals surface area (Å²) in [6.07, 6.45) is 8.12. The Morgan fingerprint density at radius 3 is 2.19 bits per heavy atom. The molecular weight excluding hydrogens is 196 g/mol. The van der Waals surface area contributed by atoms with Crippen molar-refractivity contribution in [1.29, 1.82) is 0 Å². The molecule has 0 radical (unpaired) electrons. The molecule has 0 spiro atoms. The van der Waals surface area contributed by atoms with Crippen LogP contribution in [-0.4, -0.2) is 22.8 Å². The van der Waals surface area contributed by atoms with Gasteiger partial charge in [-0.1, -0.05) is 32.9 Å². The third-order valence-corrected chi connectivity index (χ3v) is 2.55. The van der Waals surface area contributed by atoms with Crippen LogP contribution in [-0.2, 0) is 0 Å². The average molecular weight is 220 g/mol. The molecule has 16 heavy (non-hydrogen) atoms. The van der Waals surface area contributed by atoms with Gasteiger partial charge in [0, 0.05) is 23.7 Å². The molecule has 0 aromatic carbocycles. The van der Waals surface area contributed by atoms with E-state index in [1.54, 1.807) is 0 Å². The van der Waals surface area contributed by atoms with Gasteiger partial charge in [0.25, 0.3) is 0 Å². The molecule has 0 bridgehead atoms. The monoisotopic (exact) mass is 220 g/mol. The Morgan fingerprint density at radius 1 is 1.06 bits per heavy atom. The highest BCUT2D eigenvalue weighted by Gasteiger charge is 2.31. The van der Waals surface area contributed by atoms with Crippen molar-refractivity contribution in [2.45, 2.75) is 47.1 Å². The Labute approximate surface area is 99.8 Å². The fourth-order valence-corrected chi connectivity index (χ4v) is 1.75. The van der Waals surface area contributed by atoms with Crippen LogP contribution in [0.15, 0.2) is 29.4 Å². The number of hydrogen-bond acceptors (Lipinski definition) is 2. The topological polar surface area (TPSA) is 15.6 Å². The normalized spacial score (nSPS) is 25.4. The van der Waals surface area contributed by atoms with Crippen LogP contribution in [0, 0.1) is 5.41 Å². The predicted octanol–water partition coefficient (Wildman–Crippen LogP) is 3.62. The predicted molar refractivity (Wildman–Crippen MR) is 71.6 cm³/mol. The molecule has 0 aliphatic carbocycles. The summed E-state index contributed by atoms with van der Waals surface area (Å²) in [6.45, 7) is 14.2. The van der Waals surface area contributed by atoms with E-state index >= 15 is 0 Å². The molecule has 0 aromatic heterocycles. The first kappa shape index (κ1) is 13.0. The van der Waals surface area contributed by atoms with Crippen molar-refractivity contribution in [2.24, 2.45) is 10.4 Å². The van der Waals surface area contributed by atoms with Gasteiger partial charge in [0.1, 0.15) is 5.84 Å². The molecule has 0 aromatic rings. The van der Waals surface area contributed by atoms with E-state index in [0.29, 0.717) is 0 Å². The van der Waals surface area contributed by atoms with E-state index in [0.717, 1.165) is 12.4 Å². The second-order valence-corrected chi connectivity index (χ2v) is 6.25. The molecule has 0 atom stereocenters. The van der Waals surface area contributed by atoms with Gasteiger partial charge in [0.2, 0.25) is 0 Å². The lowest BCUT2D eigenvalue weighted by Crippen LogP contribution is -2.50. The quantitative estimate of drug-likeness (QED) is 0.609. The van der Waals surface area contributed by atoms with E-state index in [1.165, 1.54) is 0 Å².